The SMILES string of the molecule is CN(C)c1nccc(N2C[C@@H](F)C[C@H]2CNC(=O)c2ccn(C)c(=O)c2)n1. The van der Waals surface area contributed by atoms with Gasteiger partial charge in [0.25, 0.3) is 11.5 Å². The second kappa shape index (κ2) is 7.73. The van der Waals surface area contributed by atoms with Gasteiger partial charge in [0.2, 0.25) is 5.95 Å². The molecular formula is C18H23FN6O2. The molecule has 27 heavy (non-hydrogen) atoms. The number of nitrogens with zero attached hydrogens (tertiary/aromatic N) is 5. The van der Waals surface area contributed by atoms with Gasteiger partial charge in [-0.15, -0.1) is 0 Å². The summed E-state index contributed by atoms with van der Waals surface area (Å²) in [7, 11) is 5.29. The molecule has 2 atom stereocenters. The Bertz CT molecular complexity index is 884. The fourth-order valence-corrected chi connectivity index (χ4v) is 3.05. The Morgan fingerprint density at radius 3 is 2.89 bits per heavy atom. The zero-order chi connectivity index (χ0) is 19.6. The second-order valence-corrected chi connectivity index (χ2v) is 6.82. The summed E-state index contributed by atoms with van der Waals surface area (Å²) in [6.07, 6.45) is 2.49. The summed E-state index contributed by atoms with van der Waals surface area (Å²) >= 11 is 0. The molecule has 0 aromatic carbocycles. The summed E-state index contributed by atoms with van der Waals surface area (Å²) in [6, 6.07) is 4.38. The van der Waals surface area contributed by atoms with Gasteiger partial charge in [0, 0.05) is 58.1 Å². The minimum absolute atomic E-state index is 0.219. The van der Waals surface area contributed by atoms with Gasteiger partial charge in [-0.05, 0) is 12.1 Å². The molecule has 2 aromatic rings. The molecule has 2 aromatic heterocycles. The quantitative estimate of drug-likeness (QED) is 0.825. The van der Waals surface area contributed by atoms with Crippen molar-refractivity contribution in [3.63, 3.8) is 0 Å². The zero-order valence-electron chi connectivity index (χ0n) is 15.6. The van der Waals surface area contributed by atoms with Crippen molar-refractivity contribution in [3.05, 3.63) is 46.5 Å². The van der Waals surface area contributed by atoms with Crippen molar-refractivity contribution in [2.24, 2.45) is 7.05 Å². The van der Waals surface area contributed by atoms with Gasteiger partial charge >= 0.3 is 0 Å². The lowest BCUT2D eigenvalue weighted by Crippen LogP contribution is -2.41. The van der Waals surface area contributed by atoms with Crippen molar-refractivity contribution in [2.75, 3.05) is 37.0 Å². The van der Waals surface area contributed by atoms with Crippen LogP contribution < -0.4 is 20.7 Å². The van der Waals surface area contributed by atoms with Crippen molar-refractivity contribution >= 4 is 17.7 Å². The Morgan fingerprint density at radius 2 is 2.19 bits per heavy atom. The maximum Gasteiger partial charge on any atom is 0.251 e. The topological polar surface area (TPSA) is 83.4 Å². The Balaban J connectivity index is 1.71. The Hall–Kier alpha value is -2.97. The van der Waals surface area contributed by atoms with Crippen molar-refractivity contribution in [2.45, 2.75) is 18.6 Å². The van der Waals surface area contributed by atoms with Crippen LogP contribution in [0.15, 0.2) is 35.4 Å². The van der Waals surface area contributed by atoms with Gasteiger partial charge < -0.3 is 19.7 Å². The monoisotopic (exact) mass is 374 g/mol. The van der Waals surface area contributed by atoms with Crippen molar-refractivity contribution < 1.29 is 9.18 Å². The predicted octanol–water partition coefficient (Wildman–Crippen LogP) is 0.588. The summed E-state index contributed by atoms with van der Waals surface area (Å²) in [5.41, 5.74) is 0.0301. The molecule has 1 fully saturated rings. The molecule has 0 saturated carbocycles. The first-order valence-electron chi connectivity index (χ1n) is 8.71. The molecule has 9 heteroatoms. The summed E-state index contributed by atoms with van der Waals surface area (Å²) in [4.78, 5) is 36.3. The van der Waals surface area contributed by atoms with Crippen LogP contribution >= 0.6 is 0 Å². The second-order valence-electron chi connectivity index (χ2n) is 6.82. The molecule has 1 N–H and O–H groups in total. The van der Waals surface area contributed by atoms with E-state index in [2.05, 4.69) is 15.3 Å². The van der Waals surface area contributed by atoms with E-state index in [-0.39, 0.29) is 36.2 Å². The maximum absolute atomic E-state index is 14.1. The number of hydrogen-bond donors (Lipinski definition) is 1. The number of anilines is 2. The average molecular weight is 374 g/mol. The highest BCUT2D eigenvalue weighted by Gasteiger charge is 2.33. The number of nitrogens with one attached hydrogen (secondary N) is 1. The number of rotatable bonds is 5. The fraction of sp³-hybridized carbons (Fsp3) is 0.444. The molecule has 8 nitrogen and oxygen atoms in total. The van der Waals surface area contributed by atoms with Gasteiger partial charge in [0.15, 0.2) is 0 Å². The number of carbonyl (C=O) groups is 1. The van der Waals surface area contributed by atoms with Crippen LogP contribution in [-0.2, 0) is 7.05 Å². The standard InChI is InChI=1S/C18H23FN6O2/c1-23(2)18-20-6-4-15(22-18)25-11-13(19)9-14(25)10-21-17(27)12-5-7-24(3)16(26)8-12/h4-8,13-14H,9-11H2,1-3H3,(H,21,27)/t13-,14-/m0/s1. The number of hydrogen-bond acceptors (Lipinski definition) is 6. The summed E-state index contributed by atoms with van der Waals surface area (Å²) in [5.74, 6) is 0.811. The van der Waals surface area contributed by atoms with Crippen molar-refractivity contribution in [1.82, 2.24) is 19.9 Å². The van der Waals surface area contributed by atoms with Crippen LogP contribution in [0.2, 0.25) is 0 Å². The van der Waals surface area contributed by atoms with E-state index in [0.717, 1.165) is 0 Å². The molecule has 1 aliphatic heterocycles. The molecule has 3 rings (SSSR count). The minimum atomic E-state index is -0.992. The number of aromatic nitrogens is 3. The van der Waals surface area contributed by atoms with Crippen LogP contribution in [0.4, 0.5) is 16.2 Å². The first-order valence-corrected chi connectivity index (χ1v) is 8.71. The highest BCUT2D eigenvalue weighted by molar-refractivity contribution is 5.94. The molecule has 0 unspecified atom stereocenters. The number of halogens is 1. The zero-order valence-corrected chi connectivity index (χ0v) is 15.6. The lowest BCUT2D eigenvalue weighted by molar-refractivity contribution is 0.0950. The van der Waals surface area contributed by atoms with Crippen LogP contribution in [0.25, 0.3) is 0 Å². The normalized spacial score (nSPS) is 19.2. The summed E-state index contributed by atoms with van der Waals surface area (Å²) < 4.78 is 15.5. The van der Waals surface area contributed by atoms with Crippen LogP contribution in [0, 0.1) is 0 Å². The Morgan fingerprint density at radius 1 is 1.41 bits per heavy atom. The van der Waals surface area contributed by atoms with Gasteiger partial charge in [0.05, 0.1) is 12.6 Å². The third-order valence-corrected chi connectivity index (χ3v) is 4.55. The molecule has 1 amide bonds. The predicted molar refractivity (Wildman–Crippen MR) is 101 cm³/mol. The largest absolute Gasteiger partial charge is 0.350 e. The van der Waals surface area contributed by atoms with Crippen molar-refractivity contribution in [1.29, 1.82) is 0 Å². The molecule has 0 aliphatic carbocycles. The van der Waals surface area contributed by atoms with E-state index >= 15 is 0 Å². The lowest BCUT2D eigenvalue weighted by atomic mass is 10.2. The summed E-state index contributed by atoms with van der Waals surface area (Å²) in [6.45, 7) is 0.478. The van der Waals surface area contributed by atoms with E-state index in [4.69, 9.17) is 0 Å². The third kappa shape index (κ3) is 4.24. The van der Waals surface area contributed by atoms with E-state index in [1.165, 1.54) is 10.6 Å². The average Bonchev–Trinajstić information content (AvgIpc) is 3.02. The van der Waals surface area contributed by atoms with E-state index in [1.54, 1.807) is 36.5 Å². The van der Waals surface area contributed by atoms with Crippen molar-refractivity contribution in [3.8, 4) is 0 Å². The van der Waals surface area contributed by atoms with Gasteiger partial charge in [-0.3, -0.25) is 9.59 Å². The molecule has 3 heterocycles. The highest BCUT2D eigenvalue weighted by atomic mass is 19.1. The van der Waals surface area contributed by atoms with E-state index in [1.807, 2.05) is 19.0 Å². The molecule has 0 radical (unpaired) electrons. The smallest absolute Gasteiger partial charge is 0.251 e. The third-order valence-electron chi connectivity index (χ3n) is 4.55. The molecule has 1 aliphatic rings. The number of pyridine rings is 1. The van der Waals surface area contributed by atoms with Gasteiger partial charge in [-0.2, -0.15) is 4.98 Å². The summed E-state index contributed by atoms with van der Waals surface area (Å²) in [5, 5.41) is 2.80. The van der Waals surface area contributed by atoms with Gasteiger partial charge in [0.1, 0.15) is 12.0 Å². The number of carbonyl (C=O) groups excluding carboxylic acids is 1. The highest BCUT2D eigenvalue weighted by Crippen LogP contribution is 2.26. The number of aryl methyl sites for hydroxylation is 1. The first-order chi connectivity index (χ1) is 12.8. The van der Waals surface area contributed by atoms with E-state index in [9.17, 15) is 14.0 Å². The lowest BCUT2D eigenvalue weighted by Gasteiger charge is -2.26. The van der Waals surface area contributed by atoms with E-state index in [0.29, 0.717) is 18.2 Å². The van der Waals surface area contributed by atoms with Gasteiger partial charge in [-0.25, -0.2) is 9.37 Å². The maximum atomic E-state index is 14.1. The Labute approximate surface area is 156 Å². The van der Waals surface area contributed by atoms with Crippen LogP contribution in [0.3, 0.4) is 0 Å². The molecule has 1 saturated heterocycles. The Kier molecular flexibility index (Phi) is 5.38. The van der Waals surface area contributed by atoms with Crippen LogP contribution in [0.1, 0.15) is 16.8 Å². The molecule has 0 bridgehead atoms. The first kappa shape index (κ1) is 18.8. The molecular weight excluding hydrogens is 351 g/mol. The van der Waals surface area contributed by atoms with Gasteiger partial charge in [-0.1, -0.05) is 0 Å². The fourth-order valence-electron chi connectivity index (χ4n) is 3.05. The molecule has 0 spiro atoms. The van der Waals surface area contributed by atoms with E-state index < -0.39 is 6.17 Å². The number of amides is 1. The van der Waals surface area contributed by atoms with Crippen LogP contribution in [0.5, 0.6) is 0 Å². The van der Waals surface area contributed by atoms with Crippen LogP contribution in [-0.4, -0.2) is 59.8 Å². The molecule has 144 valence electrons. The minimum Gasteiger partial charge on any atom is -0.350 e. The number of alkyl halides is 1.